The summed E-state index contributed by atoms with van der Waals surface area (Å²) in [5, 5.41) is 0. The first-order valence-electron chi connectivity index (χ1n) is 7.44. The molecule has 1 aromatic heterocycles. The third kappa shape index (κ3) is 5.07. The van der Waals surface area contributed by atoms with E-state index in [2.05, 4.69) is 10.5 Å². The summed E-state index contributed by atoms with van der Waals surface area (Å²) in [6.45, 7) is 0.790. The van der Waals surface area contributed by atoms with Crippen molar-refractivity contribution in [2.45, 2.75) is 19.6 Å². The van der Waals surface area contributed by atoms with E-state index < -0.39 is 12.8 Å². The van der Waals surface area contributed by atoms with E-state index in [-0.39, 0.29) is 5.75 Å². The molecule has 5 nitrogen and oxygen atoms in total. The first kappa shape index (κ1) is 19.0. The monoisotopic (exact) mass is 356 g/mol. The van der Waals surface area contributed by atoms with E-state index in [1.807, 2.05) is 12.1 Å². The van der Waals surface area contributed by atoms with E-state index in [1.54, 1.807) is 13.0 Å². The van der Waals surface area contributed by atoms with Gasteiger partial charge >= 0.3 is 6.18 Å². The van der Waals surface area contributed by atoms with Crippen LogP contribution in [0.2, 0.25) is 0 Å². The minimum absolute atomic E-state index is 0.134. The number of hydroxylamine groups is 1. The van der Waals surface area contributed by atoms with E-state index in [1.165, 1.54) is 26.5 Å². The SMILES string of the molecule is CONCc1ccc(-c2nccc(OCC(F)(F)F)c2C)c(OC)c1. The number of nitrogens with zero attached hydrogens (tertiary/aromatic N) is 1. The van der Waals surface area contributed by atoms with Crippen LogP contribution in [0.3, 0.4) is 0 Å². The highest BCUT2D eigenvalue weighted by atomic mass is 19.4. The van der Waals surface area contributed by atoms with Gasteiger partial charge in [0.2, 0.25) is 0 Å². The summed E-state index contributed by atoms with van der Waals surface area (Å²) in [6.07, 6.45) is -2.99. The van der Waals surface area contributed by atoms with Crippen molar-refractivity contribution in [1.29, 1.82) is 0 Å². The minimum Gasteiger partial charge on any atom is -0.496 e. The molecule has 0 radical (unpaired) electrons. The highest BCUT2D eigenvalue weighted by Gasteiger charge is 2.29. The maximum atomic E-state index is 12.4. The average molecular weight is 356 g/mol. The molecule has 8 heteroatoms. The zero-order valence-corrected chi connectivity index (χ0v) is 14.1. The molecule has 0 aliphatic carbocycles. The Morgan fingerprint density at radius 3 is 2.52 bits per heavy atom. The zero-order chi connectivity index (χ0) is 18.4. The van der Waals surface area contributed by atoms with Crippen molar-refractivity contribution in [2.24, 2.45) is 0 Å². The van der Waals surface area contributed by atoms with Crippen molar-refractivity contribution in [2.75, 3.05) is 20.8 Å². The summed E-state index contributed by atoms with van der Waals surface area (Å²) in [7, 11) is 3.04. The Kier molecular flexibility index (Phi) is 6.22. The smallest absolute Gasteiger partial charge is 0.422 e. The van der Waals surface area contributed by atoms with E-state index in [4.69, 9.17) is 14.3 Å². The largest absolute Gasteiger partial charge is 0.496 e. The number of ether oxygens (including phenoxy) is 2. The summed E-state index contributed by atoms with van der Waals surface area (Å²) >= 11 is 0. The molecule has 0 aliphatic heterocycles. The summed E-state index contributed by atoms with van der Waals surface area (Å²) in [5.74, 6) is 0.688. The number of pyridine rings is 1. The van der Waals surface area contributed by atoms with Gasteiger partial charge < -0.3 is 14.3 Å². The van der Waals surface area contributed by atoms with Crippen molar-refractivity contribution in [3.8, 4) is 22.8 Å². The van der Waals surface area contributed by atoms with Crippen LogP contribution >= 0.6 is 0 Å². The molecule has 2 aromatic rings. The van der Waals surface area contributed by atoms with Crippen molar-refractivity contribution >= 4 is 0 Å². The fraction of sp³-hybridized carbons (Fsp3) is 0.353. The first-order chi connectivity index (χ1) is 11.9. The molecule has 0 atom stereocenters. The number of alkyl halides is 3. The molecule has 0 saturated carbocycles. The van der Waals surface area contributed by atoms with Gasteiger partial charge in [0.15, 0.2) is 6.61 Å². The lowest BCUT2D eigenvalue weighted by Gasteiger charge is -2.15. The van der Waals surface area contributed by atoms with Gasteiger partial charge in [0, 0.05) is 23.9 Å². The minimum atomic E-state index is -4.40. The van der Waals surface area contributed by atoms with Crippen LogP contribution in [-0.4, -0.2) is 32.0 Å². The number of methoxy groups -OCH3 is 1. The quantitative estimate of drug-likeness (QED) is 0.768. The molecular formula is C17H19F3N2O3. The first-order valence-corrected chi connectivity index (χ1v) is 7.44. The van der Waals surface area contributed by atoms with Crippen LogP contribution < -0.4 is 15.0 Å². The molecule has 0 bridgehead atoms. The lowest BCUT2D eigenvalue weighted by molar-refractivity contribution is -0.153. The average Bonchev–Trinajstić information content (AvgIpc) is 2.58. The van der Waals surface area contributed by atoms with E-state index in [0.29, 0.717) is 29.1 Å². The van der Waals surface area contributed by atoms with Gasteiger partial charge in [0.05, 0.1) is 19.9 Å². The van der Waals surface area contributed by atoms with Crippen LogP contribution in [0.4, 0.5) is 13.2 Å². The molecule has 0 unspecified atom stereocenters. The Bertz CT molecular complexity index is 721. The lowest BCUT2D eigenvalue weighted by atomic mass is 10.0. The summed E-state index contributed by atoms with van der Waals surface area (Å²) in [6, 6.07) is 6.88. The second-order valence-corrected chi connectivity index (χ2v) is 5.25. The molecule has 25 heavy (non-hydrogen) atoms. The Labute approximate surface area is 143 Å². The summed E-state index contributed by atoms with van der Waals surface area (Å²) < 4.78 is 47.4. The van der Waals surface area contributed by atoms with Crippen LogP contribution in [0.5, 0.6) is 11.5 Å². The van der Waals surface area contributed by atoms with Gasteiger partial charge in [-0.1, -0.05) is 6.07 Å². The molecule has 2 rings (SSSR count). The topological polar surface area (TPSA) is 52.6 Å². The fourth-order valence-electron chi connectivity index (χ4n) is 2.30. The van der Waals surface area contributed by atoms with Crippen molar-refractivity contribution < 1.29 is 27.5 Å². The molecule has 0 saturated heterocycles. The molecule has 1 heterocycles. The highest BCUT2D eigenvalue weighted by Crippen LogP contribution is 2.35. The van der Waals surface area contributed by atoms with Gasteiger partial charge in [0.25, 0.3) is 0 Å². The number of benzene rings is 1. The maximum Gasteiger partial charge on any atom is 0.422 e. The van der Waals surface area contributed by atoms with E-state index in [0.717, 1.165) is 5.56 Å². The Morgan fingerprint density at radius 2 is 1.88 bits per heavy atom. The van der Waals surface area contributed by atoms with Gasteiger partial charge in [-0.25, -0.2) is 0 Å². The van der Waals surface area contributed by atoms with Crippen LogP contribution in [0.15, 0.2) is 30.5 Å². The second kappa shape index (κ2) is 8.17. The standard InChI is InChI=1S/C17H19F3N2O3/c1-11-14(25-10-17(18,19)20)6-7-21-16(11)13-5-4-12(9-22-24-3)8-15(13)23-2/h4-8,22H,9-10H2,1-3H3. The highest BCUT2D eigenvalue weighted by molar-refractivity contribution is 5.72. The number of rotatable bonds is 7. The van der Waals surface area contributed by atoms with Crippen LogP contribution in [0.1, 0.15) is 11.1 Å². The Morgan fingerprint density at radius 1 is 1.12 bits per heavy atom. The number of aromatic nitrogens is 1. The number of nitrogens with one attached hydrogen (secondary N) is 1. The Balaban J connectivity index is 2.34. The molecule has 0 amide bonds. The third-order valence-corrected chi connectivity index (χ3v) is 3.49. The third-order valence-electron chi connectivity index (χ3n) is 3.49. The summed E-state index contributed by atoms with van der Waals surface area (Å²) in [5.41, 5.74) is 5.32. The number of hydrogen-bond donors (Lipinski definition) is 1. The molecule has 0 aliphatic rings. The molecular weight excluding hydrogens is 337 g/mol. The van der Waals surface area contributed by atoms with Crippen LogP contribution in [0.25, 0.3) is 11.3 Å². The lowest BCUT2D eigenvalue weighted by Crippen LogP contribution is -2.19. The van der Waals surface area contributed by atoms with E-state index >= 15 is 0 Å². The summed E-state index contributed by atoms with van der Waals surface area (Å²) in [4.78, 5) is 9.08. The number of hydrogen-bond acceptors (Lipinski definition) is 5. The van der Waals surface area contributed by atoms with Gasteiger partial charge in [-0.3, -0.25) is 4.98 Å². The fourth-order valence-corrected chi connectivity index (χ4v) is 2.30. The molecule has 0 spiro atoms. The molecule has 1 aromatic carbocycles. The van der Waals surface area contributed by atoms with Crippen molar-refractivity contribution in [1.82, 2.24) is 10.5 Å². The normalized spacial score (nSPS) is 11.4. The van der Waals surface area contributed by atoms with Crippen molar-refractivity contribution in [3.05, 3.63) is 41.6 Å². The second-order valence-electron chi connectivity index (χ2n) is 5.25. The van der Waals surface area contributed by atoms with Gasteiger partial charge in [-0.2, -0.15) is 18.7 Å². The zero-order valence-electron chi connectivity index (χ0n) is 14.1. The van der Waals surface area contributed by atoms with Crippen molar-refractivity contribution in [3.63, 3.8) is 0 Å². The molecule has 0 fully saturated rings. The van der Waals surface area contributed by atoms with Crippen LogP contribution in [0, 0.1) is 6.92 Å². The Hall–Kier alpha value is -2.32. The predicted molar refractivity (Wildman–Crippen MR) is 86.4 cm³/mol. The molecule has 136 valence electrons. The predicted octanol–water partition coefficient (Wildman–Crippen LogP) is 3.66. The molecule has 1 N–H and O–H groups in total. The maximum absolute atomic E-state index is 12.4. The van der Waals surface area contributed by atoms with Crippen LogP contribution in [-0.2, 0) is 11.4 Å². The van der Waals surface area contributed by atoms with Gasteiger partial charge in [-0.15, -0.1) is 0 Å². The number of halogens is 3. The van der Waals surface area contributed by atoms with Gasteiger partial charge in [0.1, 0.15) is 11.5 Å². The van der Waals surface area contributed by atoms with Gasteiger partial charge in [-0.05, 0) is 30.7 Å². The van der Waals surface area contributed by atoms with E-state index in [9.17, 15) is 13.2 Å².